The van der Waals surface area contributed by atoms with Crippen LogP contribution < -0.4 is 5.32 Å². The van der Waals surface area contributed by atoms with Crippen LogP contribution in [0.25, 0.3) is 17.0 Å². The molecule has 0 unspecified atom stereocenters. The Balaban J connectivity index is 1.73. The molecule has 35 heavy (non-hydrogen) atoms. The van der Waals surface area contributed by atoms with E-state index in [0.717, 1.165) is 17.4 Å². The molecule has 1 amide bonds. The second-order valence-corrected chi connectivity index (χ2v) is 8.52. The van der Waals surface area contributed by atoms with Gasteiger partial charge in [-0.25, -0.2) is 4.79 Å². The Labute approximate surface area is 202 Å². The van der Waals surface area contributed by atoms with Crippen LogP contribution in [0, 0.1) is 13.8 Å². The number of anilines is 1. The fraction of sp³-hybridized carbons (Fsp3) is 0.200. The fourth-order valence-electron chi connectivity index (χ4n) is 3.91. The quantitative estimate of drug-likeness (QED) is 0.292. The van der Waals surface area contributed by atoms with Crippen LogP contribution >= 0.6 is 11.3 Å². The first-order valence-corrected chi connectivity index (χ1v) is 11.5. The number of carbonyl (C=O) groups is 2. The number of alkyl halides is 3. The number of aromatic nitrogens is 1. The van der Waals surface area contributed by atoms with Crippen LogP contribution in [0.2, 0.25) is 0 Å². The van der Waals surface area contributed by atoms with Crippen molar-refractivity contribution in [3.8, 4) is 17.0 Å². The minimum Gasteiger partial charge on any atom is -0.464 e. The SMILES string of the molecule is CCOC(=O)c1c(-c2ccco2)csc1NC(=O)c1cc(C)n(-c2ccccc2C(F)(F)F)c1C. The molecular formula is C25H21F3N2O4S. The van der Waals surface area contributed by atoms with Crippen molar-refractivity contribution in [2.75, 3.05) is 11.9 Å². The molecule has 3 aromatic heterocycles. The highest BCUT2D eigenvalue weighted by Crippen LogP contribution is 2.38. The number of nitrogens with zero attached hydrogens (tertiary/aromatic N) is 1. The second kappa shape index (κ2) is 9.46. The summed E-state index contributed by atoms with van der Waals surface area (Å²) in [5.41, 5.74) is 0.712. The third-order valence-corrected chi connectivity index (χ3v) is 6.31. The average Bonchev–Trinajstić information content (AvgIpc) is 3.52. The van der Waals surface area contributed by atoms with Crippen molar-refractivity contribution < 1.29 is 31.9 Å². The number of benzene rings is 1. The molecular weight excluding hydrogens is 481 g/mol. The Morgan fingerprint density at radius 2 is 1.89 bits per heavy atom. The zero-order valence-corrected chi connectivity index (χ0v) is 19.8. The van der Waals surface area contributed by atoms with Crippen molar-refractivity contribution in [3.63, 3.8) is 0 Å². The van der Waals surface area contributed by atoms with Crippen LogP contribution in [0.5, 0.6) is 0 Å². The van der Waals surface area contributed by atoms with Gasteiger partial charge in [0, 0.05) is 22.3 Å². The average molecular weight is 503 g/mol. The van der Waals surface area contributed by atoms with Crippen molar-refractivity contribution in [1.82, 2.24) is 4.57 Å². The van der Waals surface area contributed by atoms with Crippen LogP contribution in [0.4, 0.5) is 18.2 Å². The summed E-state index contributed by atoms with van der Waals surface area (Å²) in [7, 11) is 0. The van der Waals surface area contributed by atoms with E-state index in [4.69, 9.17) is 9.15 Å². The van der Waals surface area contributed by atoms with Gasteiger partial charge in [0.1, 0.15) is 16.3 Å². The van der Waals surface area contributed by atoms with Gasteiger partial charge < -0.3 is 19.0 Å². The van der Waals surface area contributed by atoms with Crippen molar-refractivity contribution in [3.05, 3.63) is 82.2 Å². The number of furan rings is 1. The van der Waals surface area contributed by atoms with Gasteiger partial charge in [-0.05, 0) is 51.1 Å². The van der Waals surface area contributed by atoms with Crippen molar-refractivity contribution in [2.24, 2.45) is 0 Å². The lowest BCUT2D eigenvalue weighted by molar-refractivity contribution is -0.137. The molecule has 4 rings (SSSR count). The molecule has 3 heterocycles. The molecule has 1 aromatic carbocycles. The molecule has 1 N–H and O–H groups in total. The number of rotatable bonds is 6. The number of hydrogen-bond acceptors (Lipinski definition) is 5. The number of para-hydroxylation sites is 1. The summed E-state index contributed by atoms with van der Waals surface area (Å²) in [6, 6.07) is 10.1. The molecule has 0 bridgehead atoms. The number of carbonyl (C=O) groups excluding carboxylic acids is 2. The smallest absolute Gasteiger partial charge is 0.418 e. The minimum atomic E-state index is -4.56. The zero-order chi connectivity index (χ0) is 25.3. The van der Waals surface area contributed by atoms with Crippen molar-refractivity contribution in [1.29, 1.82) is 0 Å². The van der Waals surface area contributed by atoms with Gasteiger partial charge in [-0.3, -0.25) is 4.79 Å². The highest BCUT2D eigenvalue weighted by atomic mass is 32.1. The molecule has 182 valence electrons. The summed E-state index contributed by atoms with van der Waals surface area (Å²) in [5, 5.41) is 4.65. The Hall–Kier alpha value is -3.79. The number of aryl methyl sites for hydroxylation is 1. The summed E-state index contributed by atoms with van der Waals surface area (Å²) in [6.45, 7) is 5.01. The lowest BCUT2D eigenvalue weighted by atomic mass is 10.1. The number of esters is 1. The van der Waals surface area contributed by atoms with E-state index in [1.165, 1.54) is 35.1 Å². The second-order valence-electron chi connectivity index (χ2n) is 7.64. The first kappa shape index (κ1) is 24.3. The predicted molar refractivity (Wildman–Crippen MR) is 126 cm³/mol. The van der Waals surface area contributed by atoms with E-state index >= 15 is 0 Å². The monoisotopic (exact) mass is 502 g/mol. The summed E-state index contributed by atoms with van der Waals surface area (Å²) in [6.07, 6.45) is -3.09. The Morgan fingerprint density at radius 1 is 1.14 bits per heavy atom. The molecule has 0 saturated heterocycles. The van der Waals surface area contributed by atoms with Crippen LogP contribution in [0.1, 0.15) is 44.6 Å². The summed E-state index contributed by atoms with van der Waals surface area (Å²) in [4.78, 5) is 25.9. The first-order chi connectivity index (χ1) is 16.6. The molecule has 10 heteroatoms. The lowest BCUT2D eigenvalue weighted by Gasteiger charge is -2.16. The van der Waals surface area contributed by atoms with Crippen molar-refractivity contribution >= 4 is 28.2 Å². The molecule has 6 nitrogen and oxygen atoms in total. The number of nitrogens with one attached hydrogen (secondary N) is 1. The van der Waals surface area contributed by atoms with Crippen LogP contribution in [0.3, 0.4) is 0 Å². The number of halogens is 3. The fourth-order valence-corrected chi connectivity index (χ4v) is 4.84. The third-order valence-electron chi connectivity index (χ3n) is 5.41. The Kier molecular flexibility index (Phi) is 6.58. The number of ether oxygens (including phenoxy) is 1. The summed E-state index contributed by atoms with van der Waals surface area (Å²) in [5.74, 6) is -0.751. The topological polar surface area (TPSA) is 73.5 Å². The number of amides is 1. The maximum Gasteiger partial charge on any atom is 0.418 e. The molecule has 0 aliphatic rings. The standard InChI is InChI=1S/C25H21F3N2O4S/c1-4-33-24(32)21-17(20-10-7-11-34-20)13-35-23(21)29-22(31)16-12-14(2)30(15(16)3)19-9-6-5-8-18(19)25(26,27)28/h5-13H,4H2,1-3H3,(H,29,31). The van der Waals surface area contributed by atoms with Gasteiger partial charge in [-0.15, -0.1) is 11.3 Å². The van der Waals surface area contributed by atoms with Gasteiger partial charge in [0.05, 0.1) is 29.7 Å². The van der Waals surface area contributed by atoms with E-state index in [2.05, 4.69) is 5.32 Å². The Morgan fingerprint density at radius 3 is 2.54 bits per heavy atom. The van der Waals surface area contributed by atoms with Gasteiger partial charge in [0.25, 0.3) is 5.91 Å². The van der Waals surface area contributed by atoms with Gasteiger partial charge in [-0.2, -0.15) is 13.2 Å². The van der Waals surface area contributed by atoms with Crippen LogP contribution in [-0.2, 0) is 10.9 Å². The largest absolute Gasteiger partial charge is 0.464 e. The lowest BCUT2D eigenvalue weighted by Crippen LogP contribution is -2.16. The van der Waals surface area contributed by atoms with E-state index in [0.29, 0.717) is 22.7 Å². The van der Waals surface area contributed by atoms with Gasteiger partial charge >= 0.3 is 12.1 Å². The molecule has 0 radical (unpaired) electrons. The number of thiophene rings is 1. The van der Waals surface area contributed by atoms with E-state index in [1.807, 2.05) is 0 Å². The maximum absolute atomic E-state index is 13.6. The molecule has 0 fully saturated rings. The Bertz CT molecular complexity index is 1380. The van der Waals surface area contributed by atoms with Crippen molar-refractivity contribution in [2.45, 2.75) is 26.9 Å². The summed E-state index contributed by atoms with van der Waals surface area (Å²) >= 11 is 1.12. The zero-order valence-electron chi connectivity index (χ0n) is 19.0. The van der Waals surface area contributed by atoms with E-state index in [9.17, 15) is 22.8 Å². The predicted octanol–water partition coefficient (Wildman–Crippen LogP) is 6.86. The van der Waals surface area contributed by atoms with Crippen LogP contribution in [0.15, 0.2) is 58.5 Å². The van der Waals surface area contributed by atoms with E-state index in [1.54, 1.807) is 38.3 Å². The minimum absolute atomic E-state index is 0.0718. The highest BCUT2D eigenvalue weighted by Gasteiger charge is 2.34. The molecule has 0 spiro atoms. The van der Waals surface area contributed by atoms with Crippen LogP contribution in [-0.4, -0.2) is 23.1 Å². The third kappa shape index (κ3) is 4.61. The van der Waals surface area contributed by atoms with Gasteiger partial charge in [0.2, 0.25) is 0 Å². The van der Waals surface area contributed by atoms with Gasteiger partial charge in [-0.1, -0.05) is 12.1 Å². The molecule has 0 atom stereocenters. The molecule has 0 aliphatic carbocycles. The van der Waals surface area contributed by atoms with E-state index in [-0.39, 0.29) is 28.4 Å². The molecule has 0 saturated carbocycles. The van der Waals surface area contributed by atoms with Gasteiger partial charge in [0.15, 0.2) is 0 Å². The molecule has 0 aliphatic heterocycles. The first-order valence-electron chi connectivity index (χ1n) is 10.6. The van der Waals surface area contributed by atoms with E-state index < -0.39 is 23.6 Å². The number of hydrogen-bond donors (Lipinski definition) is 1. The maximum atomic E-state index is 13.6. The summed E-state index contributed by atoms with van der Waals surface area (Å²) < 4.78 is 52.8. The molecule has 4 aromatic rings. The highest BCUT2D eigenvalue weighted by molar-refractivity contribution is 7.15. The normalized spacial score (nSPS) is 11.5.